The van der Waals surface area contributed by atoms with Crippen LogP contribution in [0.4, 0.5) is 0 Å². The molecule has 6 rings (SSSR count). The Hall–Kier alpha value is -4.61. The Morgan fingerprint density at radius 2 is 1.50 bits per heavy atom. The molecule has 11 heteroatoms. The summed E-state index contributed by atoms with van der Waals surface area (Å²) < 4.78 is 11.0. The summed E-state index contributed by atoms with van der Waals surface area (Å²) in [5.41, 5.74) is 8.86. The molecule has 0 N–H and O–H groups in total. The fraction of sp³-hybridized carbons (Fsp3) is 0.527. The molecular weight excluding hydrogens is 837 g/mol. The van der Waals surface area contributed by atoms with Gasteiger partial charge in [0.2, 0.25) is 0 Å². The van der Waals surface area contributed by atoms with Gasteiger partial charge in [-0.05, 0) is 87.7 Å². The Labute approximate surface area is 408 Å². The number of hydrogen-bond acceptors (Lipinski definition) is 6. The van der Waals surface area contributed by atoms with Gasteiger partial charge in [-0.25, -0.2) is 0 Å². The van der Waals surface area contributed by atoms with E-state index in [0.717, 1.165) is 47.7 Å². The van der Waals surface area contributed by atoms with Crippen LogP contribution in [0.3, 0.4) is 0 Å². The van der Waals surface area contributed by atoms with E-state index in [4.69, 9.17) is 29.7 Å². The summed E-state index contributed by atoms with van der Waals surface area (Å²) in [6, 6.07) is 0. The number of hydrogen-bond donors (Lipinski definition) is 0. The topological polar surface area (TPSA) is 143 Å². The third kappa shape index (κ3) is 11.6. The number of ether oxygens (including phenoxy) is 2. The summed E-state index contributed by atoms with van der Waals surface area (Å²) in [6.07, 6.45) is 22.3. The molecule has 0 radical (unpaired) electrons. The van der Waals surface area contributed by atoms with Gasteiger partial charge in [-0.3, -0.25) is 19.2 Å². The summed E-state index contributed by atoms with van der Waals surface area (Å²) >= 11 is 0. The molecule has 0 aromatic carbocycles. The fourth-order valence-electron chi connectivity index (χ4n) is 10.0. The van der Waals surface area contributed by atoms with Crippen molar-refractivity contribution in [2.45, 2.75) is 139 Å². The van der Waals surface area contributed by atoms with Crippen molar-refractivity contribution in [1.82, 2.24) is 15.0 Å². The van der Waals surface area contributed by atoms with Crippen molar-refractivity contribution >= 4 is 76.9 Å². The standard InChI is InChI=1S/C55H71N4O6.Mg/c1-12-38-35(8)42-27-43-36(9)40(23-24-48(61)65-26-25-34(7)22-16-21-33(6)20-15-19-32(5)18-14-17-31(3)4)52(58-43)50-51(55(63)64-11)54(62)49-37(10)44(59-53(49)50)28-46-39(13-2)41(30-60)47(57-46)29-45(38)56-42;/h12,25,27-33,36,40,51H,1,13-24,26H2,2-11H3,(H-,58,59,60,62);/q-3;+2/p-1/b34-25+,43-27-,47-29-;/t32-,33-,36+,40+,51-;/m1./s1. The molecule has 2 aliphatic heterocycles. The number of rotatable bonds is 21. The maximum atomic E-state index is 14.4. The summed E-state index contributed by atoms with van der Waals surface area (Å²) in [5.74, 6) is -0.983. The molecule has 5 atom stereocenters. The maximum absolute atomic E-state index is 14.4. The molecule has 3 aliphatic rings. The summed E-state index contributed by atoms with van der Waals surface area (Å²) in [4.78, 5) is 68.9. The summed E-state index contributed by atoms with van der Waals surface area (Å²) in [5, 5.41) is 6.26. The van der Waals surface area contributed by atoms with Gasteiger partial charge in [-0.2, -0.15) is 11.4 Å². The van der Waals surface area contributed by atoms with Crippen molar-refractivity contribution in [3.8, 4) is 0 Å². The van der Waals surface area contributed by atoms with E-state index in [0.29, 0.717) is 85.9 Å². The minimum Gasteiger partial charge on any atom is -0.664 e. The first-order chi connectivity index (χ1) is 31.1. The van der Waals surface area contributed by atoms with Crippen molar-refractivity contribution in [1.29, 1.82) is 0 Å². The predicted molar refractivity (Wildman–Crippen MR) is 265 cm³/mol. The van der Waals surface area contributed by atoms with Crippen molar-refractivity contribution in [2.24, 2.45) is 35.5 Å². The number of ketones is 1. The molecule has 0 amide bonds. The van der Waals surface area contributed by atoms with Crippen LogP contribution in [0.5, 0.6) is 0 Å². The molecule has 3 aromatic rings. The van der Waals surface area contributed by atoms with Gasteiger partial charge in [0.1, 0.15) is 18.8 Å². The SMILES string of the molecule is C=Cc1c2[n-]c(c1C)/C=C1\[N-]/C(=C3\c4[n-]c(c(C)c4C(=O)[C@@H]3C(=O)OC)/C=c3\[n-]/c(c(C=O)c3CC)=C\2)[C@@H](CCC(=O)OC/C=C(\C)CCC[C@H](C)CCC[C@H](C)CCCC(C)C)[C@@H]1C.[Mg+2]. The molecule has 0 spiro atoms. The third-order valence-electron chi connectivity index (χ3n) is 14.1. The molecule has 3 aromatic heterocycles. The van der Waals surface area contributed by atoms with Crippen LogP contribution >= 0.6 is 0 Å². The first kappa shape index (κ1) is 52.4. The monoisotopic (exact) mass is 907 g/mol. The van der Waals surface area contributed by atoms with Crippen LogP contribution in [-0.2, 0) is 25.5 Å². The molecular formula is C55H70MgN4O6-2. The van der Waals surface area contributed by atoms with E-state index in [1.54, 1.807) is 12.2 Å². The van der Waals surface area contributed by atoms with Crippen molar-refractivity contribution < 1.29 is 28.7 Å². The van der Waals surface area contributed by atoms with Crippen LogP contribution in [0, 0.1) is 49.4 Å². The van der Waals surface area contributed by atoms with Gasteiger partial charge in [0.05, 0.1) is 7.11 Å². The quantitative estimate of drug-likeness (QED) is 0.0336. The van der Waals surface area contributed by atoms with E-state index >= 15 is 0 Å². The van der Waals surface area contributed by atoms with Gasteiger partial charge in [-0.1, -0.05) is 145 Å². The first-order valence-electron chi connectivity index (χ1n) is 24.0. The van der Waals surface area contributed by atoms with Gasteiger partial charge in [0, 0.05) is 17.5 Å². The molecule has 66 heavy (non-hydrogen) atoms. The van der Waals surface area contributed by atoms with Gasteiger partial charge >= 0.3 is 35.0 Å². The van der Waals surface area contributed by atoms with Gasteiger partial charge in [0.25, 0.3) is 0 Å². The molecule has 0 unspecified atom stereocenters. The molecule has 350 valence electrons. The fourth-order valence-corrected chi connectivity index (χ4v) is 10.0. The number of fused-ring (bicyclic) bond motifs is 7. The average Bonchev–Trinajstić information content (AvgIpc) is 4.02. The normalized spacial score (nSPS) is 21.4. The number of allylic oxidation sites excluding steroid dienone is 3. The Bertz CT molecular complexity index is 2510. The van der Waals surface area contributed by atoms with Gasteiger partial charge in [0.15, 0.2) is 5.78 Å². The molecule has 10 nitrogen and oxygen atoms in total. The van der Waals surface area contributed by atoms with E-state index in [-0.39, 0.29) is 53.9 Å². The van der Waals surface area contributed by atoms with Crippen LogP contribution in [0.15, 0.2) is 29.6 Å². The molecule has 5 heterocycles. The van der Waals surface area contributed by atoms with Crippen molar-refractivity contribution in [3.63, 3.8) is 0 Å². The number of carbonyl (C=O) groups is 4. The number of carbonyl (C=O) groups excluding carboxylic acids is 4. The molecule has 1 saturated heterocycles. The molecule has 1 fully saturated rings. The molecule has 0 saturated carbocycles. The van der Waals surface area contributed by atoms with E-state index in [2.05, 4.69) is 41.2 Å². The van der Waals surface area contributed by atoms with Crippen LogP contribution in [0.1, 0.15) is 185 Å². The number of esters is 2. The maximum Gasteiger partial charge on any atom is 2.00 e. The largest absolute Gasteiger partial charge is 2.00 e. The zero-order valence-corrected chi connectivity index (χ0v) is 42.7. The van der Waals surface area contributed by atoms with E-state index < -0.39 is 17.7 Å². The number of aromatic nitrogens is 3. The number of nitrogens with zero attached hydrogens (tertiary/aromatic N) is 4. The Kier molecular flexibility index (Phi) is 18.6. The van der Waals surface area contributed by atoms with Crippen LogP contribution in [0.25, 0.3) is 35.2 Å². The second-order valence-electron chi connectivity index (χ2n) is 19.3. The zero-order chi connectivity index (χ0) is 47.1. The number of Topliss-reactive ketones (excluding diaryl/α,β-unsaturated/α-hetero) is 1. The third-order valence-corrected chi connectivity index (χ3v) is 14.1. The minimum absolute atomic E-state index is 0. The minimum atomic E-state index is -1.27. The zero-order valence-electron chi connectivity index (χ0n) is 41.3. The predicted octanol–water partition coefficient (Wildman–Crippen LogP) is 9.87. The van der Waals surface area contributed by atoms with Gasteiger partial charge in [-0.15, -0.1) is 33.5 Å². The molecule has 8 bridgehead atoms. The average molecular weight is 907 g/mol. The van der Waals surface area contributed by atoms with Crippen molar-refractivity contribution in [3.05, 3.63) is 102 Å². The molecule has 1 aliphatic carbocycles. The van der Waals surface area contributed by atoms with Crippen LogP contribution in [-0.4, -0.2) is 60.8 Å². The van der Waals surface area contributed by atoms with Gasteiger partial charge < -0.3 is 29.7 Å². The van der Waals surface area contributed by atoms with E-state index in [1.807, 2.05) is 45.9 Å². The van der Waals surface area contributed by atoms with E-state index in [1.165, 1.54) is 57.6 Å². The second-order valence-corrected chi connectivity index (χ2v) is 19.3. The van der Waals surface area contributed by atoms with Crippen LogP contribution < -0.4 is 25.7 Å². The second kappa shape index (κ2) is 23.4. The first-order valence-corrected chi connectivity index (χ1v) is 24.0. The van der Waals surface area contributed by atoms with Crippen molar-refractivity contribution in [2.75, 3.05) is 13.7 Å². The Balaban J connectivity index is 0.00000817. The van der Waals surface area contributed by atoms with E-state index in [9.17, 15) is 19.2 Å². The smallest absolute Gasteiger partial charge is 0.664 e. The summed E-state index contributed by atoms with van der Waals surface area (Å²) in [6.45, 7) is 23.5. The number of methoxy groups -OCH3 is 1. The summed E-state index contributed by atoms with van der Waals surface area (Å²) in [7, 11) is 1.27. The van der Waals surface area contributed by atoms with Crippen LogP contribution in [0.2, 0.25) is 0 Å². The Morgan fingerprint density at radius 1 is 0.848 bits per heavy atom. The Morgan fingerprint density at radius 3 is 2.14 bits per heavy atom. The number of aldehydes is 1.